The minimum atomic E-state index is -0.484. The van der Waals surface area contributed by atoms with Crippen molar-refractivity contribution < 1.29 is 14.1 Å². The Morgan fingerprint density at radius 3 is 2.76 bits per heavy atom. The smallest absolute Gasteiger partial charge is 0.355 e. The number of halogens is 1. The Morgan fingerprint density at radius 2 is 1.96 bits per heavy atom. The van der Waals surface area contributed by atoms with E-state index >= 15 is 0 Å². The number of aromatic nitrogens is 3. The molecule has 2 aromatic heterocycles. The number of esters is 1. The molecular weight excluding hydrogens is 342 g/mol. The maximum Gasteiger partial charge on any atom is 0.355 e. The van der Waals surface area contributed by atoms with E-state index in [4.69, 9.17) is 20.9 Å². The molecule has 0 spiro atoms. The molecule has 0 saturated carbocycles. The van der Waals surface area contributed by atoms with Crippen LogP contribution in [0, 0.1) is 0 Å². The van der Waals surface area contributed by atoms with Crippen molar-refractivity contribution in [2.45, 2.75) is 6.61 Å². The van der Waals surface area contributed by atoms with E-state index in [1.54, 1.807) is 30.3 Å². The van der Waals surface area contributed by atoms with E-state index in [0.29, 0.717) is 16.5 Å². The molecule has 4 rings (SSSR count). The van der Waals surface area contributed by atoms with Gasteiger partial charge in [0.2, 0.25) is 5.82 Å². The first-order chi connectivity index (χ1) is 12.2. The van der Waals surface area contributed by atoms with Crippen molar-refractivity contribution in [3.05, 3.63) is 71.2 Å². The molecule has 7 heteroatoms. The summed E-state index contributed by atoms with van der Waals surface area (Å²) in [6.07, 6.45) is 0. The number of ether oxygens (including phenoxy) is 1. The second kappa shape index (κ2) is 6.41. The van der Waals surface area contributed by atoms with Crippen molar-refractivity contribution >= 4 is 28.5 Å². The van der Waals surface area contributed by atoms with Crippen molar-refractivity contribution in [1.82, 2.24) is 15.1 Å². The van der Waals surface area contributed by atoms with Gasteiger partial charge in [-0.15, -0.1) is 0 Å². The third kappa shape index (κ3) is 3.25. The van der Waals surface area contributed by atoms with E-state index in [9.17, 15) is 4.79 Å². The number of fused-ring (bicyclic) bond motifs is 1. The summed E-state index contributed by atoms with van der Waals surface area (Å²) in [5.41, 5.74) is 2.01. The van der Waals surface area contributed by atoms with Gasteiger partial charge in [-0.2, -0.15) is 4.98 Å². The first-order valence-electron chi connectivity index (χ1n) is 7.52. The zero-order chi connectivity index (χ0) is 17.2. The lowest BCUT2D eigenvalue weighted by atomic mass is 10.2. The van der Waals surface area contributed by atoms with Crippen LogP contribution in [-0.2, 0) is 11.3 Å². The zero-order valence-corrected chi connectivity index (χ0v) is 13.7. The summed E-state index contributed by atoms with van der Waals surface area (Å²) in [6, 6.07) is 16.4. The average Bonchev–Trinajstić information content (AvgIpc) is 3.27. The second-order valence-corrected chi connectivity index (χ2v) is 5.80. The molecule has 1 N–H and O–H groups in total. The summed E-state index contributed by atoms with van der Waals surface area (Å²) >= 11 is 5.85. The molecule has 0 unspecified atom stereocenters. The molecule has 0 fully saturated rings. The predicted octanol–water partition coefficient (Wildman–Crippen LogP) is 4.23. The normalized spacial score (nSPS) is 10.9. The van der Waals surface area contributed by atoms with E-state index in [1.165, 1.54) is 0 Å². The van der Waals surface area contributed by atoms with Gasteiger partial charge in [0, 0.05) is 21.5 Å². The Hall–Kier alpha value is -3.12. The number of hydrogen-bond acceptors (Lipinski definition) is 5. The monoisotopic (exact) mass is 353 g/mol. The first-order valence-corrected chi connectivity index (χ1v) is 7.90. The zero-order valence-electron chi connectivity index (χ0n) is 12.9. The van der Waals surface area contributed by atoms with Crippen LogP contribution in [0.1, 0.15) is 16.4 Å². The molecule has 0 atom stereocenters. The maximum absolute atomic E-state index is 12.1. The number of para-hydroxylation sites is 1. The molecule has 0 radical (unpaired) electrons. The van der Waals surface area contributed by atoms with Gasteiger partial charge in [-0.25, -0.2) is 4.79 Å². The SMILES string of the molecule is O=C(OCc1nc(-c2ccc(Cl)cc2)no1)c1cc2ccccc2[nH]1. The highest BCUT2D eigenvalue weighted by atomic mass is 35.5. The van der Waals surface area contributed by atoms with Gasteiger partial charge in [-0.05, 0) is 36.4 Å². The molecule has 2 aromatic carbocycles. The third-order valence-electron chi connectivity index (χ3n) is 3.65. The summed E-state index contributed by atoms with van der Waals surface area (Å²) < 4.78 is 10.3. The van der Waals surface area contributed by atoms with E-state index in [2.05, 4.69) is 15.1 Å². The van der Waals surface area contributed by atoms with E-state index in [0.717, 1.165) is 16.5 Å². The maximum atomic E-state index is 12.1. The van der Waals surface area contributed by atoms with Crippen LogP contribution in [0.2, 0.25) is 5.02 Å². The summed E-state index contributed by atoms with van der Waals surface area (Å²) in [7, 11) is 0. The number of aromatic amines is 1. The summed E-state index contributed by atoms with van der Waals surface area (Å²) in [4.78, 5) is 19.4. The Bertz CT molecular complexity index is 1000. The van der Waals surface area contributed by atoms with Gasteiger partial charge in [0.15, 0.2) is 6.61 Å². The first kappa shape index (κ1) is 15.4. The van der Waals surface area contributed by atoms with Crippen LogP contribution in [0.3, 0.4) is 0 Å². The number of nitrogens with zero attached hydrogens (tertiary/aromatic N) is 2. The summed E-state index contributed by atoms with van der Waals surface area (Å²) in [5.74, 6) is 0.144. The van der Waals surface area contributed by atoms with Crippen LogP contribution < -0.4 is 0 Å². The number of benzene rings is 2. The van der Waals surface area contributed by atoms with Crippen molar-refractivity contribution in [2.75, 3.05) is 0 Å². The van der Waals surface area contributed by atoms with Crippen LogP contribution in [0.25, 0.3) is 22.3 Å². The molecule has 124 valence electrons. The Kier molecular flexibility index (Phi) is 3.95. The molecule has 4 aromatic rings. The van der Waals surface area contributed by atoms with Crippen LogP contribution in [0.4, 0.5) is 0 Å². The number of nitrogens with one attached hydrogen (secondary N) is 1. The fraction of sp³-hybridized carbons (Fsp3) is 0.0556. The van der Waals surface area contributed by atoms with Gasteiger partial charge in [-0.3, -0.25) is 0 Å². The van der Waals surface area contributed by atoms with E-state index in [-0.39, 0.29) is 12.5 Å². The highest BCUT2D eigenvalue weighted by molar-refractivity contribution is 6.30. The van der Waals surface area contributed by atoms with Gasteiger partial charge >= 0.3 is 5.97 Å². The van der Waals surface area contributed by atoms with Crippen LogP contribution >= 0.6 is 11.6 Å². The fourth-order valence-electron chi connectivity index (χ4n) is 2.42. The molecule has 0 aliphatic rings. The lowest BCUT2D eigenvalue weighted by Crippen LogP contribution is -2.05. The Morgan fingerprint density at radius 1 is 1.16 bits per heavy atom. The topological polar surface area (TPSA) is 81.0 Å². The summed E-state index contributed by atoms with van der Waals surface area (Å²) in [5, 5.41) is 5.44. The van der Waals surface area contributed by atoms with Crippen molar-refractivity contribution in [3.8, 4) is 11.4 Å². The fourth-order valence-corrected chi connectivity index (χ4v) is 2.54. The molecule has 0 saturated heterocycles. The van der Waals surface area contributed by atoms with Crippen LogP contribution in [0.15, 0.2) is 59.1 Å². The van der Waals surface area contributed by atoms with Gasteiger partial charge in [0.1, 0.15) is 5.69 Å². The predicted molar refractivity (Wildman–Crippen MR) is 92.2 cm³/mol. The largest absolute Gasteiger partial charge is 0.451 e. The highest BCUT2D eigenvalue weighted by Gasteiger charge is 2.14. The van der Waals surface area contributed by atoms with Gasteiger partial charge in [0.05, 0.1) is 0 Å². The molecule has 2 heterocycles. The molecule has 25 heavy (non-hydrogen) atoms. The number of carbonyl (C=O) groups excluding carboxylic acids is 1. The number of rotatable bonds is 4. The average molecular weight is 354 g/mol. The van der Waals surface area contributed by atoms with Crippen LogP contribution in [0.5, 0.6) is 0 Å². The second-order valence-electron chi connectivity index (χ2n) is 5.37. The number of carbonyl (C=O) groups is 1. The number of hydrogen-bond donors (Lipinski definition) is 1. The Labute approximate surface area is 147 Å². The molecule has 6 nitrogen and oxygen atoms in total. The molecule has 0 amide bonds. The molecule has 0 aliphatic carbocycles. The van der Waals surface area contributed by atoms with Crippen molar-refractivity contribution in [3.63, 3.8) is 0 Å². The number of H-pyrrole nitrogens is 1. The summed E-state index contributed by atoms with van der Waals surface area (Å²) in [6.45, 7) is -0.102. The third-order valence-corrected chi connectivity index (χ3v) is 3.90. The van der Waals surface area contributed by atoms with E-state index < -0.39 is 5.97 Å². The van der Waals surface area contributed by atoms with Gasteiger partial charge in [0.25, 0.3) is 5.89 Å². The van der Waals surface area contributed by atoms with Crippen molar-refractivity contribution in [1.29, 1.82) is 0 Å². The minimum Gasteiger partial charge on any atom is -0.451 e. The van der Waals surface area contributed by atoms with Gasteiger partial charge < -0.3 is 14.2 Å². The standard InChI is InChI=1S/C18H12ClN3O3/c19-13-7-5-11(6-8-13)17-21-16(25-22-17)10-24-18(23)15-9-12-3-1-2-4-14(12)20-15/h1-9,20H,10H2. The minimum absolute atomic E-state index is 0.102. The van der Waals surface area contributed by atoms with Gasteiger partial charge in [-0.1, -0.05) is 35.0 Å². The quantitative estimate of drug-likeness (QED) is 0.555. The highest BCUT2D eigenvalue weighted by Crippen LogP contribution is 2.19. The lowest BCUT2D eigenvalue weighted by Gasteiger charge is -1.98. The van der Waals surface area contributed by atoms with Crippen molar-refractivity contribution in [2.24, 2.45) is 0 Å². The Balaban J connectivity index is 1.44. The van der Waals surface area contributed by atoms with E-state index in [1.807, 2.05) is 24.3 Å². The molecule has 0 aliphatic heterocycles. The molecule has 0 bridgehead atoms. The van der Waals surface area contributed by atoms with Crippen LogP contribution in [-0.4, -0.2) is 21.1 Å². The molecular formula is C18H12ClN3O3. The lowest BCUT2D eigenvalue weighted by molar-refractivity contribution is 0.0424.